The van der Waals surface area contributed by atoms with Crippen molar-refractivity contribution in [3.05, 3.63) is 18.3 Å². The average Bonchev–Trinajstić information content (AvgIpc) is 2.67. The molecule has 0 unspecified atom stereocenters. The van der Waals surface area contributed by atoms with Gasteiger partial charge in [0.25, 0.3) is 0 Å². The zero-order valence-electron chi connectivity index (χ0n) is 8.40. The molecule has 2 heterocycles. The first-order valence-corrected chi connectivity index (χ1v) is 4.94. The fourth-order valence-electron chi connectivity index (χ4n) is 1.89. The number of hydrogen-bond donors (Lipinski definition) is 2. The van der Waals surface area contributed by atoms with E-state index in [-0.39, 0.29) is 0 Å². The Bertz CT molecular complexity index is 313. The lowest BCUT2D eigenvalue weighted by molar-refractivity contribution is 0.617. The number of aromatic nitrogens is 1. The Balaban J connectivity index is 2.13. The summed E-state index contributed by atoms with van der Waals surface area (Å²) in [5, 5.41) is 3.28. The highest BCUT2D eigenvalue weighted by Gasteiger charge is 2.22. The van der Waals surface area contributed by atoms with E-state index in [1.807, 2.05) is 19.2 Å². The van der Waals surface area contributed by atoms with Crippen LogP contribution in [0.5, 0.6) is 0 Å². The summed E-state index contributed by atoms with van der Waals surface area (Å²) in [5.74, 6) is 0.629. The van der Waals surface area contributed by atoms with Crippen LogP contribution in [0.3, 0.4) is 0 Å². The van der Waals surface area contributed by atoms with E-state index in [9.17, 15) is 0 Å². The summed E-state index contributed by atoms with van der Waals surface area (Å²) >= 11 is 0. The van der Waals surface area contributed by atoms with Crippen LogP contribution in [0.1, 0.15) is 6.42 Å². The van der Waals surface area contributed by atoms with Gasteiger partial charge in [0.2, 0.25) is 0 Å². The van der Waals surface area contributed by atoms with Crippen LogP contribution in [0.25, 0.3) is 0 Å². The second-order valence-electron chi connectivity index (χ2n) is 3.63. The number of pyridine rings is 1. The summed E-state index contributed by atoms with van der Waals surface area (Å²) in [5.41, 5.74) is 6.87. The molecule has 0 aliphatic carbocycles. The summed E-state index contributed by atoms with van der Waals surface area (Å²) in [6.45, 7) is 2.08. The van der Waals surface area contributed by atoms with E-state index in [2.05, 4.69) is 15.2 Å². The van der Waals surface area contributed by atoms with E-state index >= 15 is 0 Å². The molecule has 1 aromatic rings. The number of rotatable bonds is 2. The molecule has 76 valence electrons. The van der Waals surface area contributed by atoms with Gasteiger partial charge >= 0.3 is 0 Å². The summed E-state index contributed by atoms with van der Waals surface area (Å²) in [4.78, 5) is 6.37. The normalized spacial score (nSPS) is 21.5. The van der Waals surface area contributed by atoms with Gasteiger partial charge in [0.05, 0.1) is 5.69 Å². The molecule has 1 atom stereocenters. The van der Waals surface area contributed by atoms with Crippen LogP contribution in [-0.2, 0) is 0 Å². The molecule has 3 N–H and O–H groups in total. The van der Waals surface area contributed by atoms with Crippen molar-refractivity contribution in [3.8, 4) is 0 Å². The molecule has 0 spiro atoms. The predicted molar refractivity (Wildman–Crippen MR) is 58.3 cm³/mol. The second kappa shape index (κ2) is 3.84. The first kappa shape index (κ1) is 9.27. The maximum Gasteiger partial charge on any atom is 0.146 e. The van der Waals surface area contributed by atoms with Gasteiger partial charge in [-0.3, -0.25) is 0 Å². The molecule has 0 amide bonds. The lowest BCUT2D eigenvalue weighted by Crippen LogP contribution is -2.29. The monoisotopic (exact) mass is 192 g/mol. The van der Waals surface area contributed by atoms with Crippen LogP contribution in [0.2, 0.25) is 0 Å². The Hall–Kier alpha value is -1.29. The molecular weight excluding hydrogens is 176 g/mol. The zero-order valence-corrected chi connectivity index (χ0v) is 8.40. The fourth-order valence-corrected chi connectivity index (χ4v) is 1.89. The van der Waals surface area contributed by atoms with Crippen LogP contribution in [0.15, 0.2) is 18.3 Å². The van der Waals surface area contributed by atoms with E-state index in [1.54, 1.807) is 6.20 Å². The molecule has 1 saturated heterocycles. The molecule has 4 heteroatoms. The van der Waals surface area contributed by atoms with Gasteiger partial charge in [-0.1, -0.05) is 0 Å². The largest absolute Gasteiger partial charge is 0.382 e. The Labute approximate surface area is 84.1 Å². The highest BCUT2D eigenvalue weighted by atomic mass is 15.2. The molecule has 4 nitrogen and oxygen atoms in total. The molecule has 0 aromatic carbocycles. The van der Waals surface area contributed by atoms with E-state index in [1.165, 1.54) is 6.42 Å². The minimum atomic E-state index is 0.578. The van der Waals surface area contributed by atoms with Gasteiger partial charge in [-0.2, -0.15) is 0 Å². The van der Waals surface area contributed by atoms with Crippen LogP contribution < -0.4 is 16.0 Å². The van der Waals surface area contributed by atoms with Gasteiger partial charge in [-0.25, -0.2) is 4.98 Å². The van der Waals surface area contributed by atoms with Gasteiger partial charge in [-0.15, -0.1) is 0 Å². The average molecular weight is 192 g/mol. The topological polar surface area (TPSA) is 54.2 Å². The van der Waals surface area contributed by atoms with Gasteiger partial charge in [0, 0.05) is 25.3 Å². The summed E-state index contributed by atoms with van der Waals surface area (Å²) in [6.07, 6.45) is 2.90. The SMILES string of the molecule is CN[C@H]1CCN(c2cccnc2N)C1. The molecule has 1 aliphatic heterocycles. The van der Waals surface area contributed by atoms with Crippen LogP contribution in [0.4, 0.5) is 11.5 Å². The van der Waals surface area contributed by atoms with E-state index in [0.29, 0.717) is 11.9 Å². The number of likely N-dealkylation sites (N-methyl/N-ethyl adjacent to an activating group) is 1. The molecule has 0 saturated carbocycles. The highest BCUT2D eigenvalue weighted by Crippen LogP contribution is 2.24. The maximum atomic E-state index is 5.81. The minimum Gasteiger partial charge on any atom is -0.382 e. The van der Waals surface area contributed by atoms with Crippen molar-refractivity contribution in [2.24, 2.45) is 0 Å². The van der Waals surface area contributed by atoms with Crippen molar-refractivity contribution in [1.29, 1.82) is 0 Å². The van der Waals surface area contributed by atoms with E-state index < -0.39 is 0 Å². The van der Waals surface area contributed by atoms with Crippen LogP contribution in [-0.4, -0.2) is 31.2 Å². The maximum absolute atomic E-state index is 5.81. The summed E-state index contributed by atoms with van der Waals surface area (Å²) in [6, 6.07) is 4.54. The Morgan fingerprint density at radius 2 is 2.50 bits per heavy atom. The number of nitrogen functional groups attached to an aromatic ring is 1. The molecular formula is C10H16N4. The standard InChI is InChI=1S/C10H16N4/c1-12-8-4-6-14(7-8)9-3-2-5-13-10(9)11/h2-3,5,8,12H,4,6-7H2,1H3,(H2,11,13)/t8-/m0/s1. The predicted octanol–water partition coefficient (Wildman–Crippen LogP) is 0.462. The summed E-state index contributed by atoms with van der Waals surface area (Å²) < 4.78 is 0. The molecule has 1 fully saturated rings. The fraction of sp³-hybridized carbons (Fsp3) is 0.500. The number of nitrogens with one attached hydrogen (secondary N) is 1. The molecule has 0 bridgehead atoms. The lowest BCUT2D eigenvalue weighted by Gasteiger charge is -2.19. The first-order chi connectivity index (χ1) is 6.81. The summed E-state index contributed by atoms with van der Waals surface area (Å²) in [7, 11) is 2.00. The van der Waals surface area contributed by atoms with Crippen molar-refractivity contribution in [2.45, 2.75) is 12.5 Å². The quantitative estimate of drug-likeness (QED) is 0.715. The molecule has 0 radical (unpaired) electrons. The Morgan fingerprint density at radius 3 is 3.14 bits per heavy atom. The number of anilines is 2. The zero-order chi connectivity index (χ0) is 9.97. The number of nitrogens with zero attached hydrogens (tertiary/aromatic N) is 2. The Morgan fingerprint density at radius 1 is 1.64 bits per heavy atom. The second-order valence-corrected chi connectivity index (χ2v) is 3.63. The smallest absolute Gasteiger partial charge is 0.146 e. The van der Waals surface area contributed by atoms with Gasteiger partial charge in [0.1, 0.15) is 5.82 Å². The minimum absolute atomic E-state index is 0.578. The molecule has 1 aromatic heterocycles. The third kappa shape index (κ3) is 1.65. The molecule has 1 aliphatic rings. The van der Waals surface area contributed by atoms with E-state index in [4.69, 9.17) is 5.73 Å². The van der Waals surface area contributed by atoms with Crippen molar-refractivity contribution in [2.75, 3.05) is 30.8 Å². The first-order valence-electron chi connectivity index (χ1n) is 4.94. The number of hydrogen-bond acceptors (Lipinski definition) is 4. The van der Waals surface area contributed by atoms with Crippen molar-refractivity contribution < 1.29 is 0 Å². The Kier molecular flexibility index (Phi) is 2.54. The lowest BCUT2D eigenvalue weighted by atomic mass is 10.3. The van der Waals surface area contributed by atoms with Crippen molar-refractivity contribution in [1.82, 2.24) is 10.3 Å². The third-order valence-electron chi connectivity index (χ3n) is 2.75. The van der Waals surface area contributed by atoms with Crippen molar-refractivity contribution >= 4 is 11.5 Å². The van der Waals surface area contributed by atoms with Crippen LogP contribution in [0, 0.1) is 0 Å². The van der Waals surface area contributed by atoms with Gasteiger partial charge in [-0.05, 0) is 25.6 Å². The molecule has 2 rings (SSSR count). The number of nitrogens with two attached hydrogens (primary N) is 1. The van der Waals surface area contributed by atoms with Gasteiger partial charge < -0.3 is 16.0 Å². The van der Waals surface area contributed by atoms with Crippen LogP contribution >= 0.6 is 0 Å². The van der Waals surface area contributed by atoms with Crippen molar-refractivity contribution in [3.63, 3.8) is 0 Å². The highest BCUT2D eigenvalue weighted by molar-refractivity contribution is 5.63. The molecule has 14 heavy (non-hydrogen) atoms. The van der Waals surface area contributed by atoms with E-state index in [0.717, 1.165) is 18.8 Å². The third-order valence-corrected chi connectivity index (χ3v) is 2.75. The van der Waals surface area contributed by atoms with Gasteiger partial charge in [0.15, 0.2) is 0 Å².